The Kier molecular flexibility index (Phi) is 8.03. The summed E-state index contributed by atoms with van der Waals surface area (Å²) >= 11 is 3.43. The maximum absolute atomic E-state index is 13.5. The average Bonchev–Trinajstić information content (AvgIpc) is 2.83. The second kappa shape index (κ2) is 10.8. The van der Waals surface area contributed by atoms with Gasteiger partial charge in [0.2, 0.25) is 11.9 Å². The molecule has 0 aliphatic carbocycles. The van der Waals surface area contributed by atoms with E-state index in [-0.39, 0.29) is 11.5 Å². The van der Waals surface area contributed by atoms with Gasteiger partial charge in [-0.05, 0) is 57.7 Å². The van der Waals surface area contributed by atoms with Crippen molar-refractivity contribution < 1.29 is 38.1 Å². The molecule has 1 amide bonds. The van der Waals surface area contributed by atoms with Gasteiger partial charge >= 0.3 is 12.1 Å². The number of hydrogen-bond acceptors (Lipinski definition) is 8. The predicted molar refractivity (Wildman–Crippen MR) is 125 cm³/mol. The van der Waals surface area contributed by atoms with Crippen LogP contribution in [0.3, 0.4) is 0 Å². The minimum atomic E-state index is -1.33. The van der Waals surface area contributed by atoms with E-state index in [1.54, 1.807) is 44.2 Å². The van der Waals surface area contributed by atoms with Crippen LogP contribution in [0.2, 0.25) is 0 Å². The lowest BCUT2D eigenvalue weighted by molar-refractivity contribution is -0.144. The van der Waals surface area contributed by atoms with Gasteiger partial charge in [-0.1, -0.05) is 19.9 Å². The highest BCUT2D eigenvalue weighted by atomic mass is 79.9. The number of hydrogen-bond donors (Lipinski definition) is 1. The first-order valence-electron chi connectivity index (χ1n) is 10.5. The largest absolute Gasteiger partial charge is 0.497 e. The van der Waals surface area contributed by atoms with Crippen molar-refractivity contribution in [2.24, 2.45) is 5.92 Å². The summed E-state index contributed by atoms with van der Waals surface area (Å²) in [6.45, 7) is 3.49. The smallest absolute Gasteiger partial charge is 0.408 e. The van der Waals surface area contributed by atoms with Gasteiger partial charge in [-0.2, -0.15) is 0 Å². The number of methoxy groups -OCH3 is 3. The van der Waals surface area contributed by atoms with Gasteiger partial charge in [0.1, 0.15) is 23.3 Å². The number of benzene rings is 2. The Morgan fingerprint density at radius 2 is 1.79 bits per heavy atom. The molecular weight excluding hydrogens is 510 g/mol. The molecule has 0 unspecified atom stereocenters. The minimum absolute atomic E-state index is 0.217. The average molecular weight is 536 g/mol. The first kappa shape index (κ1) is 25.4. The van der Waals surface area contributed by atoms with Crippen molar-refractivity contribution in [2.75, 3.05) is 21.3 Å². The Morgan fingerprint density at radius 3 is 2.38 bits per heavy atom. The number of amides is 1. The van der Waals surface area contributed by atoms with Gasteiger partial charge in [0.05, 0.1) is 31.4 Å². The number of fused-ring (bicyclic) bond motifs is 1. The van der Waals surface area contributed by atoms with Crippen LogP contribution in [-0.2, 0) is 14.3 Å². The van der Waals surface area contributed by atoms with Crippen molar-refractivity contribution in [1.29, 1.82) is 0 Å². The molecule has 3 rings (SSSR count). The molecule has 0 fully saturated rings. The van der Waals surface area contributed by atoms with Crippen LogP contribution in [0.5, 0.6) is 17.2 Å². The number of ketones is 1. The summed E-state index contributed by atoms with van der Waals surface area (Å²) < 4.78 is 27.5. The topological polar surface area (TPSA) is 109 Å². The predicted octanol–water partition coefficient (Wildman–Crippen LogP) is 4.08. The number of carbonyl (C=O) groups is 3. The Hall–Kier alpha value is -3.27. The molecule has 0 aromatic heterocycles. The van der Waals surface area contributed by atoms with E-state index in [1.807, 2.05) is 0 Å². The van der Waals surface area contributed by atoms with Gasteiger partial charge in [-0.15, -0.1) is 0 Å². The van der Waals surface area contributed by atoms with Crippen LogP contribution in [0.4, 0.5) is 4.79 Å². The number of Topliss-reactive ketones (excluding diaryl/α,β-unsaturated/α-hetero) is 1. The molecule has 0 spiro atoms. The molecule has 1 aliphatic rings. The third-order valence-corrected chi connectivity index (χ3v) is 5.99. The second-order valence-corrected chi connectivity index (χ2v) is 8.73. The summed E-state index contributed by atoms with van der Waals surface area (Å²) in [4.78, 5) is 38.3. The molecule has 2 aromatic rings. The van der Waals surface area contributed by atoms with Crippen LogP contribution >= 0.6 is 15.9 Å². The lowest BCUT2D eigenvalue weighted by atomic mass is 9.93. The fourth-order valence-corrected chi connectivity index (χ4v) is 4.10. The number of halogens is 1. The molecule has 9 nitrogen and oxygen atoms in total. The zero-order valence-electron chi connectivity index (χ0n) is 19.4. The molecule has 3 atom stereocenters. The normalized spacial score (nSPS) is 17.8. The molecule has 1 N–H and O–H groups in total. The third kappa shape index (κ3) is 5.27. The van der Waals surface area contributed by atoms with E-state index in [0.717, 1.165) is 0 Å². The molecule has 34 heavy (non-hydrogen) atoms. The highest BCUT2D eigenvalue weighted by Crippen LogP contribution is 2.40. The van der Waals surface area contributed by atoms with Crippen molar-refractivity contribution in [3.05, 3.63) is 52.0 Å². The maximum atomic E-state index is 13.5. The Balaban J connectivity index is 1.97. The molecule has 0 saturated heterocycles. The van der Waals surface area contributed by atoms with Crippen LogP contribution < -0.4 is 19.5 Å². The minimum Gasteiger partial charge on any atom is -0.497 e. The third-order valence-electron chi connectivity index (χ3n) is 5.37. The summed E-state index contributed by atoms with van der Waals surface area (Å²) in [5.41, 5.74) is 0.794. The molecule has 0 saturated carbocycles. The quantitative estimate of drug-likeness (QED) is 0.528. The molecular formula is C24H26BrNO8. The Bertz CT molecular complexity index is 1090. The van der Waals surface area contributed by atoms with E-state index in [4.69, 9.17) is 23.7 Å². The number of alkyl carbamates (subject to hydrolysis) is 1. The molecule has 1 heterocycles. The molecule has 10 heteroatoms. The summed E-state index contributed by atoms with van der Waals surface area (Å²) in [6, 6.07) is 9.03. The fourth-order valence-electron chi connectivity index (χ4n) is 3.54. The van der Waals surface area contributed by atoms with Crippen LogP contribution in [0.15, 0.2) is 40.9 Å². The highest BCUT2D eigenvalue weighted by molar-refractivity contribution is 9.10. The van der Waals surface area contributed by atoms with Gasteiger partial charge < -0.3 is 29.0 Å². The number of esters is 1. The van der Waals surface area contributed by atoms with Crippen LogP contribution in [0, 0.1) is 5.92 Å². The van der Waals surface area contributed by atoms with Gasteiger partial charge in [0.25, 0.3) is 0 Å². The van der Waals surface area contributed by atoms with E-state index < -0.39 is 36.1 Å². The lowest BCUT2D eigenvalue weighted by Gasteiger charge is -2.33. The Morgan fingerprint density at radius 1 is 1.06 bits per heavy atom. The summed E-state index contributed by atoms with van der Waals surface area (Å²) in [6.07, 6.45) is -3.22. The van der Waals surface area contributed by atoms with Gasteiger partial charge in [0, 0.05) is 0 Å². The molecule has 0 radical (unpaired) electrons. The monoisotopic (exact) mass is 535 g/mol. The van der Waals surface area contributed by atoms with E-state index in [1.165, 1.54) is 27.4 Å². The number of ether oxygens (including phenoxy) is 5. The van der Waals surface area contributed by atoms with Gasteiger partial charge in [-0.3, -0.25) is 4.79 Å². The first-order valence-corrected chi connectivity index (χ1v) is 11.3. The molecule has 2 aromatic carbocycles. The second-order valence-electron chi connectivity index (χ2n) is 7.87. The van der Waals surface area contributed by atoms with Crippen molar-refractivity contribution in [2.45, 2.75) is 32.1 Å². The molecule has 1 aliphatic heterocycles. The molecule has 0 bridgehead atoms. The summed E-state index contributed by atoms with van der Waals surface area (Å²) in [5.74, 6) is 0.0174. The maximum Gasteiger partial charge on any atom is 0.408 e. The van der Waals surface area contributed by atoms with Crippen molar-refractivity contribution in [3.63, 3.8) is 0 Å². The number of nitrogens with one attached hydrogen (secondary N) is 1. The zero-order valence-corrected chi connectivity index (χ0v) is 21.0. The van der Waals surface area contributed by atoms with Crippen molar-refractivity contribution >= 4 is 33.8 Å². The lowest BCUT2D eigenvalue weighted by Crippen LogP contribution is -2.48. The van der Waals surface area contributed by atoms with E-state index in [9.17, 15) is 14.4 Å². The van der Waals surface area contributed by atoms with Gasteiger partial charge in [0.15, 0.2) is 6.10 Å². The standard InChI is InChI=1S/C24H26BrNO8/c1-12(2)19(23(28)32-5)26-24(29)34-22-20(27)15-11-14(30-3)7-9-17(15)33-21(22)13-6-8-18(31-4)16(25)10-13/h6-12,19,21-22H,1-5H3,(H,26,29)/t19-,21+,22-/m0/s1. The van der Waals surface area contributed by atoms with E-state index in [2.05, 4.69) is 21.2 Å². The van der Waals surface area contributed by atoms with Crippen molar-refractivity contribution in [1.82, 2.24) is 5.32 Å². The molecule has 182 valence electrons. The SMILES string of the molecule is COC(=O)[C@@H](NC(=O)O[C@H]1C(=O)c2cc(OC)ccc2O[C@@H]1c1ccc(OC)c(Br)c1)C(C)C. The highest BCUT2D eigenvalue weighted by Gasteiger charge is 2.42. The number of rotatable bonds is 7. The zero-order chi connectivity index (χ0) is 25.0. The summed E-state index contributed by atoms with van der Waals surface area (Å²) in [5, 5.41) is 2.49. The van der Waals surface area contributed by atoms with Crippen molar-refractivity contribution in [3.8, 4) is 17.2 Å². The van der Waals surface area contributed by atoms with E-state index in [0.29, 0.717) is 27.3 Å². The van der Waals surface area contributed by atoms with Crippen LogP contribution in [-0.4, -0.2) is 51.3 Å². The Labute approximate surface area is 205 Å². The van der Waals surface area contributed by atoms with Gasteiger partial charge in [-0.25, -0.2) is 9.59 Å². The summed E-state index contributed by atoms with van der Waals surface area (Å²) in [7, 11) is 4.24. The van der Waals surface area contributed by atoms with E-state index >= 15 is 0 Å². The van der Waals surface area contributed by atoms with Crippen LogP contribution in [0.1, 0.15) is 35.9 Å². The van der Waals surface area contributed by atoms with Crippen LogP contribution in [0.25, 0.3) is 0 Å². The number of carbonyl (C=O) groups excluding carboxylic acids is 3. The first-order chi connectivity index (χ1) is 16.2. The fraction of sp³-hybridized carbons (Fsp3) is 0.375.